The average Bonchev–Trinajstić information content (AvgIpc) is 3.12. The number of para-hydroxylation sites is 1. The zero-order valence-corrected chi connectivity index (χ0v) is 18.0. The number of benzene rings is 2. The summed E-state index contributed by atoms with van der Waals surface area (Å²) >= 11 is 4.78. The molecule has 28 heavy (non-hydrogen) atoms. The Morgan fingerprint density at radius 1 is 1.18 bits per heavy atom. The van der Waals surface area contributed by atoms with Gasteiger partial charge >= 0.3 is 0 Å². The monoisotopic (exact) mass is 460 g/mol. The molecule has 3 aromatic rings. The maximum absolute atomic E-state index is 12.2. The summed E-state index contributed by atoms with van der Waals surface area (Å²) in [7, 11) is 0. The lowest BCUT2D eigenvalue weighted by molar-refractivity contribution is -0.113. The summed E-state index contributed by atoms with van der Waals surface area (Å²) in [5.41, 5.74) is 0.780. The number of rotatable bonds is 8. The van der Waals surface area contributed by atoms with Crippen LogP contribution in [0, 0.1) is 0 Å². The first kappa shape index (κ1) is 20.4. The average molecular weight is 461 g/mol. The second kappa shape index (κ2) is 9.75. The molecule has 0 aliphatic carbocycles. The third kappa shape index (κ3) is 5.36. The Labute approximate surface area is 176 Å². The van der Waals surface area contributed by atoms with Gasteiger partial charge in [-0.1, -0.05) is 45.9 Å². The molecule has 0 saturated heterocycles. The number of hydrogen-bond acceptors (Lipinski definition) is 5. The first-order valence-corrected chi connectivity index (χ1v) is 10.7. The van der Waals surface area contributed by atoms with Crippen LogP contribution in [-0.4, -0.2) is 26.4 Å². The van der Waals surface area contributed by atoms with Crippen LogP contribution in [0.3, 0.4) is 0 Å². The molecule has 0 bridgehead atoms. The maximum atomic E-state index is 12.2. The summed E-state index contributed by atoms with van der Waals surface area (Å²) in [6, 6.07) is 17.1. The van der Waals surface area contributed by atoms with Gasteiger partial charge in [-0.3, -0.25) is 4.79 Å². The minimum atomic E-state index is -0.263. The molecule has 1 heterocycles. The third-order valence-corrected chi connectivity index (χ3v) is 5.44. The van der Waals surface area contributed by atoms with E-state index in [1.807, 2.05) is 73.0 Å². The van der Waals surface area contributed by atoms with E-state index in [1.54, 1.807) is 0 Å². The molecule has 8 heteroatoms. The maximum Gasteiger partial charge on any atom is 0.234 e. The van der Waals surface area contributed by atoms with Gasteiger partial charge in [-0.05, 0) is 50.2 Å². The van der Waals surface area contributed by atoms with Crippen LogP contribution in [0.25, 0.3) is 0 Å². The van der Waals surface area contributed by atoms with E-state index in [2.05, 4.69) is 31.4 Å². The van der Waals surface area contributed by atoms with E-state index >= 15 is 0 Å². The number of anilines is 1. The summed E-state index contributed by atoms with van der Waals surface area (Å²) in [6.07, 6.45) is -0.263. The van der Waals surface area contributed by atoms with Gasteiger partial charge in [-0.15, -0.1) is 10.2 Å². The Balaban J connectivity index is 1.62. The van der Waals surface area contributed by atoms with Crippen LogP contribution in [-0.2, 0) is 11.3 Å². The van der Waals surface area contributed by atoms with Gasteiger partial charge in [0.05, 0.1) is 5.75 Å². The van der Waals surface area contributed by atoms with Crippen LogP contribution >= 0.6 is 27.7 Å². The number of hydrogen-bond donors (Lipinski definition) is 1. The largest absolute Gasteiger partial charge is 0.483 e. The molecule has 146 valence electrons. The number of thioether (sulfide) groups is 1. The standard InChI is InChI=1S/C20H21BrN4O2S/c1-3-25-19(14(2)27-17-11-9-15(21)10-12-17)23-24-20(25)28-13-18(26)22-16-7-5-4-6-8-16/h4-12,14H,3,13H2,1-2H3,(H,22,26). The normalized spacial score (nSPS) is 11.8. The quantitative estimate of drug-likeness (QED) is 0.482. The van der Waals surface area contributed by atoms with Crippen LogP contribution in [0.2, 0.25) is 0 Å². The fourth-order valence-electron chi connectivity index (χ4n) is 2.62. The molecule has 1 aromatic heterocycles. The minimum Gasteiger partial charge on any atom is -0.483 e. The van der Waals surface area contributed by atoms with Crippen molar-refractivity contribution in [2.75, 3.05) is 11.1 Å². The van der Waals surface area contributed by atoms with Gasteiger partial charge in [-0.25, -0.2) is 0 Å². The van der Waals surface area contributed by atoms with Gasteiger partial charge in [0.2, 0.25) is 5.91 Å². The van der Waals surface area contributed by atoms with E-state index in [9.17, 15) is 4.79 Å². The second-order valence-electron chi connectivity index (χ2n) is 6.00. The number of amides is 1. The molecule has 2 aromatic carbocycles. The highest BCUT2D eigenvalue weighted by molar-refractivity contribution is 9.10. The molecule has 0 radical (unpaired) electrons. The van der Waals surface area contributed by atoms with Crippen LogP contribution < -0.4 is 10.1 Å². The zero-order chi connectivity index (χ0) is 19.9. The summed E-state index contributed by atoms with van der Waals surface area (Å²) in [5.74, 6) is 1.67. The lowest BCUT2D eigenvalue weighted by atomic mass is 10.3. The first-order valence-electron chi connectivity index (χ1n) is 8.90. The molecule has 6 nitrogen and oxygen atoms in total. The molecule has 0 fully saturated rings. The number of nitrogens with zero attached hydrogens (tertiary/aromatic N) is 3. The van der Waals surface area contributed by atoms with Crippen LogP contribution in [0.1, 0.15) is 25.8 Å². The van der Waals surface area contributed by atoms with E-state index < -0.39 is 0 Å². The number of carbonyl (C=O) groups excluding carboxylic acids is 1. The molecule has 3 rings (SSSR count). The van der Waals surface area contributed by atoms with Gasteiger partial charge in [0.25, 0.3) is 0 Å². The third-order valence-electron chi connectivity index (χ3n) is 3.94. The van der Waals surface area contributed by atoms with Crippen molar-refractivity contribution in [1.29, 1.82) is 0 Å². The number of carbonyl (C=O) groups is 1. The van der Waals surface area contributed by atoms with E-state index in [1.165, 1.54) is 11.8 Å². The molecule has 1 atom stereocenters. The highest BCUT2D eigenvalue weighted by atomic mass is 79.9. The lowest BCUT2D eigenvalue weighted by Gasteiger charge is -2.15. The van der Waals surface area contributed by atoms with Gasteiger partial charge in [0.1, 0.15) is 5.75 Å². The van der Waals surface area contributed by atoms with Crippen molar-refractivity contribution in [1.82, 2.24) is 14.8 Å². The van der Waals surface area contributed by atoms with Crippen molar-refractivity contribution < 1.29 is 9.53 Å². The number of ether oxygens (including phenoxy) is 1. The van der Waals surface area contributed by atoms with Crippen LogP contribution in [0.15, 0.2) is 64.2 Å². The van der Waals surface area contributed by atoms with E-state index in [0.29, 0.717) is 11.7 Å². The van der Waals surface area contributed by atoms with E-state index in [0.717, 1.165) is 21.7 Å². The molecule has 1 unspecified atom stereocenters. The second-order valence-corrected chi connectivity index (χ2v) is 7.86. The number of aromatic nitrogens is 3. The highest BCUT2D eigenvalue weighted by Crippen LogP contribution is 2.25. The van der Waals surface area contributed by atoms with Gasteiger partial charge in [0, 0.05) is 16.7 Å². The first-order chi connectivity index (χ1) is 13.6. The Hall–Kier alpha value is -2.32. The molecule has 0 saturated carbocycles. The Morgan fingerprint density at radius 3 is 2.57 bits per heavy atom. The van der Waals surface area contributed by atoms with E-state index in [-0.39, 0.29) is 17.8 Å². The number of nitrogens with one attached hydrogen (secondary N) is 1. The molecule has 1 amide bonds. The zero-order valence-electron chi connectivity index (χ0n) is 15.6. The van der Waals surface area contributed by atoms with Crippen molar-refractivity contribution >= 4 is 39.3 Å². The molecular weight excluding hydrogens is 440 g/mol. The van der Waals surface area contributed by atoms with Crippen molar-refractivity contribution in [3.8, 4) is 5.75 Å². The van der Waals surface area contributed by atoms with Gasteiger partial charge in [0.15, 0.2) is 17.1 Å². The van der Waals surface area contributed by atoms with Crippen LogP contribution in [0.4, 0.5) is 5.69 Å². The van der Waals surface area contributed by atoms with E-state index in [4.69, 9.17) is 4.74 Å². The number of halogens is 1. The van der Waals surface area contributed by atoms with Crippen molar-refractivity contribution in [3.63, 3.8) is 0 Å². The fraction of sp³-hybridized carbons (Fsp3) is 0.250. The SMILES string of the molecule is CCn1c(SCC(=O)Nc2ccccc2)nnc1C(C)Oc1ccc(Br)cc1. The van der Waals surface area contributed by atoms with Crippen molar-refractivity contribution in [2.24, 2.45) is 0 Å². The lowest BCUT2D eigenvalue weighted by Crippen LogP contribution is -2.15. The highest BCUT2D eigenvalue weighted by Gasteiger charge is 2.19. The molecule has 0 aliphatic heterocycles. The Morgan fingerprint density at radius 2 is 1.89 bits per heavy atom. The topological polar surface area (TPSA) is 69.0 Å². The minimum absolute atomic E-state index is 0.0810. The molecule has 0 spiro atoms. The van der Waals surface area contributed by atoms with Gasteiger partial charge in [-0.2, -0.15) is 0 Å². The Kier molecular flexibility index (Phi) is 7.11. The van der Waals surface area contributed by atoms with Crippen LogP contribution in [0.5, 0.6) is 5.75 Å². The van der Waals surface area contributed by atoms with Gasteiger partial charge < -0.3 is 14.6 Å². The predicted octanol–water partition coefficient (Wildman–Crippen LogP) is 4.93. The summed E-state index contributed by atoms with van der Waals surface area (Å²) < 4.78 is 8.96. The summed E-state index contributed by atoms with van der Waals surface area (Å²) in [6.45, 7) is 4.65. The molecule has 1 N–H and O–H groups in total. The molecular formula is C20H21BrN4O2S. The smallest absolute Gasteiger partial charge is 0.234 e. The predicted molar refractivity (Wildman–Crippen MR) is 115 cm³/mol. The summed E-state index contributed by atoms with van der Waals surface area (Å²) in [5, 5.41) is 12.1. The van der Waals surface area contributed by atoms with Crippen molar-refractivity contribution in [3.05, 3.63) is 64.9 Å². The molecule has 0 aliphatic rings. The fourth-order valence-corrected chi connectivity index (χ4v) is 3.70. The Bertz CT molecular complexity index is 916. The van der Waals surface area contributed by atoms with Crippen molar-refractivity contribution in [2.45, 2.75) is 31.7 Å². The summed E-state index contributed by atoms with van der Waals surface area (Å²) in [4.78, 5) is 12.2.